The van der Waals surface area contributed by atoms with Crippen molar-refractivity contribution in [3.63, 3.8) is 0 Å². The number of esters is 1. The Kier molecular flexibility index (Phi) is 4.34. The molecule has 0 aromatic heterocycles. The number of fused-ring (bicyclic) bond motifs is 1. The van der Waals surface area contributed by atoms with E-state index in [0.29, 0.717) is 17.0 Å². The molecule has 1 heterocycles. The third kappa shape index (κ3) is 3.22. The van der Waals surface area contributed by atoms with Crippen molar-refractivity contribution in [2.45, 2.75) is 12.5 Å². The Morgan fingerprint density at radius 3 is 2.83 bits per heavy atom. The van der Waals surface area contributed by atoms with E-state index < -0.39 is 6.10 Å². The molecule has 1 aliphatic rings. The fourth-order valence-corrected chi connectivity index (χ4v) is 2.87. The summed E-state index contributed by atoms with van der Waals surface area (Å²) in [6, 6.07) is 12.7. The van der Waals surface area contributed by atoms with E-state index in [4.69, 9.17) is 9.47 Å². The molecule has 1 unspecified atom stereocenters. The molecule has 3 rings (SSSR count). The number of ether oxygens (including phenoxy) is 2. The number of methoxy groups -OCH3 is 1. The van der Waals surface area contributed by atoms with Gasteiger partial charge in [-0.25, -0.2) is 0 Å². The SMILES string of the molecule is COC(=O)Cc1cccc2c1OC(c1cccc(Br)c1)C(=O)N2. The van der Waals surface area contributed by atoms with E-state index in [1.54, 1.807) is 18.2 Å². The molecule has 0 aliphatic carbocycles. The highest BCUT2D eigenvalue weighted by Crippen LogP contribution is 2.38. The summed E-state index contributed by atoms with van der Waals surface area (Å²) in [7, 11) is 1.34. The van der Waals surface area contributed by atoms with E-state index in [-0.39, 0.29) is 18.3 Å². The van der Waals surface area contributed by atoms with Gasteiger partial charge in [-0.2, -0.15) is 0 Å². The lowest BCUT2D eigenvalue weighted by Crippen LogP contribution is -2.30. The molecule has 1 atom stereocenters. The Hall–Kier alpha value is -2.34. The number of anilines is 1. The topological polar surface area (TPSA) is 64.6 Å². The second-order valence-corrected chi connectivity index (χ2v) is 6.00. The summed E-state index contributed by atoms with van der Waals surface area (Å²) in [5.74, 6) is -0.105. The Bertz CT molecular complexity index is 775. The first-order chi connectivity index (χ1) is 11.1. The molecule has 0 saturated carbocycles. The van der Waals surface area contributed by atoms with Gasteiger partial charge in [0.15, 0.2) is 0 Å². The predicted octanol–water partition coefficient (Wildman–Crippen LogP) is 3.24. The Morgan fingerprint density at radius 2 is 2.09 bits per heavy atom. The molecule has 0 fully saturated rings. The van der Waals surface area contributed by atoms with Crippen LogP contribution in [0.15, 0.2) is 46.9 Å². The number of benzene rings is 2. The minimum absolute atomic E-state index is 0.0841. The third-order valence-corrected chi connectivity index (χ3v) is 4.04. The highest BCUT2D eigenvalue weighted by molar-refractivity contribution is 9.10. The van der Waals surface area contributed by atoms with Gasteiger partial charge in [0.2, 0.25) is 6.10 Å². The van der Waals surface area contributed by atoms with Crippen LogP contribution >= 0.6 is 15.9 Å². The average Bonchev–Trinajstić information content (AvgIpc) is 2.54. The molecule has 0 spiro atoms. The molecular weight excluding hydrogens is 362 g/mol. The number of para-hydroxylation sites is 1. The molecule has 6 heteroatoms. The van der Waals surface area contributed by atoms with Crippen LogP contribution in [-0.2, 0) is 20.7 Å². The van der Waals surface area contributed by atoms with Crippen LogP contribution in [0.3, 0.4) is 0 Å². The Morgan fingerprint density at radius 1 is 1.30 bits per heavy atom. The lowest BCUT2D eigenvalue weighted by atomic mass is 10.0. The number of rotatable bonds is 3. The average molecular weight is 376 g/mol. The fourth-order valence-electron chi connectivity index (χ4n) is 2.45. The van der Waals surface area contributed by atoms with Gasteiger partial charge in [0.25, 0.3) is 5.91 Å². The second-order valence-electron chi connectivity index (χ2n) is 5.09. The molecule has 0 radical (unpaired) electrons. The number of hydrogen-bond donors (Lipinski definition) is 1. The van der Waals surface area contributed by atoms with Gasteiger partial charge < -0.3 is 14.8 Å². The molecular formula is C17H14BrNO4. The number of halogens is 1. The summed E-state index contributed by atoms with van der Waals surface area (Å²) >= 11 is 3.39. The largest absolute Gasteiger partial charge is 0.473 e. The normalized spacial score (nSPS) is 16.1. The lowest BCUT2D eigenvalue weighted by molar-refractivity contribution is -0.139. The fraction of sp³-hybridized carbons (Fsp3) is 0.176. The Labute approximate surface area is 141 Å². The maximum Gasteiger partial charge on any atom is 0.310 e. The van der Waals surface area contributed by atoms with Gasteiger partial charge in [-0.3, -0.25) is 9.59 Å². The van der Waals surface area contributed by atoms with Crippen LogP contribution in [0.4, 0.5) is 5.69 Å². The molecule has 23 heavy (non-hydrogen) atoms. The van der Waals surface area contributed by atoms with Crippen molar-refractivity contribution in [3.8, 4) is 5.75 Å². The van der Waals surface area contributed by atoms with Gasteiger partial charge in [-0.15, -0.1) is 0 Å². The van der Waals surface area contributed by atoms with Crippen molar-refractivity contribution in [2.24, 2.45) is 0 Å². The Balaban J connectivity index is 1.97. The van der Waals surface area contributed by atoms with Gasteiger partial charge in [0.05, 0.1) is 19.2 Å². The van der Waals surface area contributed by atoms with Crippen LogP contribution in [0, 0.1) is 0 Å². The highest BCUT2D eigenvalue weighted by atomic mass is 79.9. The monoisotopic (exact) mass is 375 g/mol. The van der Waals surface area contributed by atoms with Crippen molar-refractivity contribution in [3.05, 3.63) is 58.1 Å². The van der Waals surface area contributed by atoms with Crippen LogP contribution < -0.4 is 10.1 Å². The van der Waals surface area contributed by atoms with E-state index in [9.17, 15) is 9.59 Å². The quantitative estimate of drug-likeness (QED) is 0.836. The predicted molar refractivity (Wildman–Crippen MR) is 88.3 cm³/mol. The lowest BCUT2D eigenvalue weighted by Gasteiger charge is -2.27. The zero-order valence-corrected chi connectivity index (χ0v) is 13.9. The van der Waals surface area contributed by atoms with E-state index in [1.165, 1.54) is 7.11 Å². The van der Waals surface area contributed by atoms with Crippen LogP contribution in [-0.4, -0.2) is 19.0 Å². The third-order valence-electron chi connectivity index (χ3n) is 3.54. The summed E-state index contributed by atoms with van der Waals surface area (Å²) in [6.07, 6.45) is -0.681. The van der Waals surface area contributed by atoms with Crippen LogP contribution in [0.1, 0.15) is 17.2 Å². The summed E-state index contributed by atoms with van der Waals surface area (Å²) in [5, 5.41) is 2.83. The maximum absolute atomic E-state index is 12.3. The molecule has 118 valence electrons. The van der Waals surface area contributed by atoms with E-state index in [2.05, 4.69) is 21.2 Å². The number of amides is 1. The van der Waals surface area contributed by atoms with Crippen molar-refractivity contribution in [1.82, 2.24) is 0 Å². The minimum atomic E-state index is -0.765. The zero-order valence-electron chi connectivity index (χ0n) is 12.3. The molecule has 1 N–H and O–H groups in total. The number of carbonyl (C=O) groups excluding carboxylic acids is 2. The first-order valence-corrected chi connectivity index (χ1v) is 7.79. The molecule has 1 amide bonds. The van der Waals surface area contributed by atoms with Crippen LogP contribution in [0.25, 0.3) is 0 Å². The van der Waals surface area contributed by atoms with Crippen LogP contribution in [0.5, 0.6) is 5.75 Å². The van der Waals surface area contributed by atoms with Gasteiger partial charge in [0.1, 0.15) is 5.75 Å². The van der Waals surface area contributed by atoms with Crippen molar-refractivity contribution < 1.29 is 19.1 Å². The summed E-state index contributed by atoms with van der Waals surface area (Å²) < 4.78 is 11.5. The summed E-state index contributed by atoms with van der Waals surface area (Å²) in [5.41, 5.74) is 1.97. The molecule has 0 bridgehead atoms. The molecule has 0 saturated heterocycles. The number of hydrogen-bond acceptors (Lipinski definition) is 4. The summed E-state index contributed by atoms with van der Waals surface area (Å²) in [4.78, 5) is 23.9. The van der Waals surface area contributed by atoms with Crippen molar-refractivity contribution >= 4 is 33.5 Å². The first-order valence-electron chi connectivity index (χ1n) is 7.00. The van der Waals surface area contributed by atoms with Gasteiger partial charge >= 0.3 is 5.97 Å². The zero-order chi connectivity index (χ0) is 16.4. The number of carbonyl (C=O) groups is 2. The van der Waals surface area contributed by atoms with Gasteiger partial charge in [-0.1, -0.05) is 40.2 Å². The van der Waals surface area contributed by atoms with Crippen molar-refractivity contribution in [1.29, 1.82) is 0 Å². The standard InChI is InChI=1S/C17H14BrNO4/c1-22-14(20)9-11-5-3-7-13-15(11)23-16(17(21)19-13)10-4-2-6-12(18)8-10/h2-8,16H,9H2,1H3,(H,19,21). The molecule has 5 nitrogen and oxygen atoms in total. The maximum atomic E-state index is 12.3. The number of nitrogens with one attached hydrogen (secondary N) is 1. The van der Waals surface area contributed by atoms with Gasteiger partial charge in [0, 0.05) is 15.6 Å². The first kappa shape index (κ1) is 15.6. The molecule has 1 aliphatic heterocycles. The van der Waals surface area contributed by atoms with E-state index in [1.807, 2.05) is 24.3 Å². The van der Waals surface area contributed by atoms with E-state index in [0.717, 1.165) is 10.0 Å². The van der Waals surface area contributed by atoms with Crippen LogP contribution in [0.2, 0.25) is 0 Å². The van der Waals surface area contributed by atoms with Gasteiger partial charge in [-0.05, 0) is 18.2 Å². The summed E-state index contributed by atoms with van der Waals surface area (Å²) in [6.45, 7) is 0. The van der Waals surface area contributed by atoms with Crippen molar-refractivity contribution in [2.75, 3.05) is 12.4 Å². The van der Waals surface area contributed by atoms with E-state index >= 15 is 0 Å². The highest BCUT2D eigenvalue weighted by Gasteiger charge is 2.31. The molecule has 2 aromatic carbocycles. The second kappa shape index (κ2) is 6.42. The minimum Gasteiger partial charge on any atom is -0.473 e. The smallest absolute Gasteiger partial charge is 0.310 e. The molecule has 2 aromatic rings.